The molecule has 1 aromatic rings. The van der Waals surface area contributed by atoms with E-state index in [2.05, 4.69) is 0 Å². The molecule has 0 aromatic heterocycles. The molecule has 0 aliphatic carbocycles. The van der Waals surface area contributed by atoms with E-state index in [9.17, 15) is 13.9 Å². The molecule has 14 heavy (non-hydrogen) atoms. The number of nitro groups is 1. The topological polar surface area (TPSA) is 136 Å². The predicted molar refractivity (Wildman–Crippen MR) is 48.6 cm³/mol. The van der Waals surface area contributed by atoms with Gasteiger partial charge in [0, 0.05) is 0 Å². The number of benzene rings is 1. The van der Waals surface area contributed by atoms with E-state index in [4.69, 9.17) is 8.19 Å². The van der Waals surface area contributed by atoms with Gasteiger partial charge in [0.15, 0.2) is 0 Å². The minimum atomic E-state index is -4.89. The van der Waals surface area contributed by atoms with E-state index < -0.39 is 19.1 Å². The second-order valence-corrected chi connectivity index (χ2v) is 5.68. The molecule has 8 heteroatoms. The Labute approximate surface area is 82.1 Å². The molecule has 0 saturated carbocycles. The van der Waals surface area contributed by atoms with Crippen LogP contribution in [0.4, 0.5) is 5.69 Å². The second-order valence-electron chi connectivity index (χ2n) is 2.32. The molecule has 0 amide bonds. The van der Waals surface area contributed by atoms with Gasteiger partial charge in [-0.2, -0.15) is 0 Å². The Morgan fingerprint density at radius 1 is 1.21 bits per heavy atom. The van der Waals surface area contributed by atoms with Gasteiger partial charge in [-0.05, 0) is 0 Å². The molecule has 78 valence electrons. The van der Waals surface area contributed by atoms with Crippen LogP contribution in [0.2, 0.25) is 0 Å². The van der Waals surface area contributed by atoms with Crippen LogP contribution in [0.1, 0.15) is 0 Å². The van der Waals surface area contributed by atoms with Gasteiger partial charge in [-0.1, -0.05) is 0 Å². The molecular formula is C6H9AsN2O5. The summed E-state index contributed by atoms with van der Waals surface area (Å²) in [4.78, 5) is 9.55. The third-order valence-electron chi connectivity index (χ3n) is 1.40. The minimum absolute atomic E-state index is 0. The summed E-state index contributed by atoms with van der Waals surface area (Å²) in [5, 5.41) is 10.2. The Balaban J connectivity index is 0.00000169. The van der Waals surface area contributed by atoms with Gasteiger partial charge >= 0.3 is 75.4 Å². The van der Waals surface area contributed by atoms with Gasteiger partial charge in [0.1, 0.15) is 0 Å². The quantitative estimate of drug-likeness (QED) is 0.367. The predicted octanol–water partition coefficient (Wildman–Crippen LogP) is -0.682. The number of hydrogen-bond donors (Lipinski definition) is 3. The van der Waals surface area contributed by atoms with Crippen molar-refractivity contribution in [2.75, 3.05) is 0 Å². The summed E-state index contributed by atoms with van der Waals surface area (Å²) in [5.74, 6) is 0. The fourth-order valence-corrected chi connectivity index (χ4v) is 1.90. The first-order valence-corrected chi connectivity index (χ1v) is 6.60. The van der Waals surface area contributed by atoms with Gasteiger partial charge in [-0.15, -0.1) is 0 Å². The molecule has 0 radical (unpaired) electrons. The third kappa shape index (κ3) is 2.97. The van der Waals surface area contributed by atoms with Crippen molar-refractivity contribution < 1.29 is 16.9 Å². The second kappa shape index (κ2) is 4.38. The average Bonchev–Trinajstić information content (AvgIpc) is 2.03. The van der Waals surface area contributed by atoms with E-state index in [-0.39, 0.29) is 16.2 Å². The summed E-state index contributed by atoms with van der Waals surface area (Å²) in [7, 11) is 0. The van der Waals surface area contributed by atoms with Crippen LogP contribution in [0.5, 0.6) is 0 Å². The fourth-order valence-electron chi connectivity index (χ4n) is 0.769. The van der Waals surface area contributed by atoms with Crippen molar-refractivity contribution in [2.45, 2.75) is 0 Å². The first-order chi connectivity index (χ1) is 5.91. The molecule has 0 atom stereocenters. The van der Waals surface area contributed by atoms with Gasteiger partial charge in [-0.3, -0.25) is 0 Å². The van der Waals surface area contributed by atoms with Crippen LogP contribution in [-0.2, 0) is 3.74 Å². The van der Waals surface area contributed by atoms with Crippen LogP contribution in [0, 0.1) is 10.1 Å². The van der Waals surface area contributed by atoms with E-state index in [0.29, 0.717) is 0 Å². The van der Waals surface area contributed by atoms with E-state index >= 15 is 0 Å². The molecule has 0 aliphatic rings. The van der Waals surface area contributed by atoms with Crippen molar-refractivity contribution in [1.29, 1.82) is 0 Å². The zero-order valence-electron chi connectivity index (χ0n) is 7.03. The van der Waals surface area contributed by atoms with Crippen molar-refractivity contribution in [2.24, 2.45) is 0 Å². The third-order valence-corrected chi connectivity index (χ3v) is 3.43. The summed E-state index contributed by atoms with van der Waals surface area (Å²) < 4.78 is 28.0. The van der Waals surface area contributed by atoms with Crippen molar-refractivity contribution in [3.8, 4) is 0 Å². The molecule has 1 aromatic carbocycles. The Bertz CT molecular complexity index is 370. The number of nitrogens with zero attached hydrogens (tertiary/aromatic N) is 1. The molecule has 5 N–H and O–H groups in total. The van der Waals surface area contributed by atoms with Crippen molar-refractivity contribution in [1.82, 2.24) is 6.15 Å². The first kappa shape index (κ1) is 12.9. The SMILES string of the molecule is N.O=[N+]([O-])c1ccc([As](=O)(O)O)cc1. The standard InChI is InChI=1S/C6H6AsNO5.H3N/c9-7(10,11)5-1-3-6(4-2-5)8(12)13;/h1-4H,(H2,9,10,11);1H3. The molecular weight excluding hydrogens is 255 g/mol. The number of rotatable bonds is 2. The van der Waals surface area contributed by atoms with Crippen LogP contribution in [0.25, 0.3) is 0 Å². The summed E-state index contributed by atoms with van der Waals surface area (Å²) in [6.07, 6.45) is 0. The summed E-state index contributed by atoms with van der Waals surface area (Å²) in [5.41, 5.74) is -0.187. The average molecular weight is 264 g/mol. The first-order valence-electron chi connectivity index (χ1n) is 3.22. The molecule has 0 aliphatic heterocycles. The van der Waals surface area contributed by atoms with Gasteiger partial charge < -0.3 is 6.15 Å². The van der Waals surface area contributed by atoms with Crippen LogP contribution in [-0.4, -0.2) is 27.3 Å². The Morgan fingerprint density at radius 2 is 1.64 bits per heavy atom. The fraction of sp³-hybridized carbons (Fsp3) is 0. The van der Waals surface area contributed by atoms with Gasteiger partial charge in [0.25, 0.3) is 0 Å². The van der Waals surface area contributed by atoms with Gasteiger partial charge in [0.05, 0.1) is 0 Å². The van der Waals surface area contributed by atoms with E-state index in [1.807, 2.05) is 0 Å². The molecule has 0 spiro atoms. The van der Waals surface area contributed by atoms with E-state index in [0.717, 1.165) is 24.3 Å². The molecule has 0 unspecified atom stereocenters. The summed E-state index contributed by atoms with van der Waals surface area (Å²) in [6, 6.07) is 4.27. The molecule has 0 heterocycles. The van der Waals surface area contributed by atoms with Crippen molar-refractivity contribution in [3.05, 3.63) is 34.4 Å². The van der Waals surface area contributed by atoms with Crippen LogP contribution < -0.4 is 10.5 Å². The van der Waals surface area contributed by atoms with E-state index in [1.165, 1.54) is 0 Å². The summed E-state index contributed by atoms with van der Waals surface area (Å²) in [6.45, 7) is 0. The normalized spacial score (nSPS) is 10.4. The zero-order valence-corrected chi connectivity index (χ0v) is 8.91. The van der Waals surface area contributed by atoms with Crippen LogP contribution >= 0.6 is 0 Å². The van der Waals surface area contributed by atoms with Gasteiger partial charge in [-0.25, -0.2) is 0 Å². The van der Waals surface area contributed by atoms with E-state index in [1.54, 1.807) is 0 Å². The van der Waals surface area contributed by atoms with Crippen LogP contribution in [0.3, 0.4) is 0 Å². The Morgan fingerprint density at radius 3 is 1.93 bits per heavy atom. The van der Waals surface area contributed by atoms with Crippen molar-refractivity contribution >= 4 is 24.2 Å². The number of hydrogen-bond acceptors (Lipinski definition) is 4. The molecule has 7 nitrogen and oxygen atoms in total. The zero-order chi connectivity index (χ0) is 10.1. The molecule has 0 fully saturated rings. The molecule has 1 rings (SSSR count). The van der Waals surface area contributed by atoms with Crippen molar-refractivity contribution in [3.63, 3.8) is 0 Å². The maximum atomic E-state index is 10.7. The monoisotopic (exact) mass is 264 g/mol. The Hall–Kier alpha value is -1.14. The number of nitro benzene ring substituents is 1. The molecule has 0 saturated heterocycles. The van der Waals surface area contributed by atoms with Crippen LogP contribution in [0.15, 0.2) is 24.3 Å². The number of non-ortho nitro benzene ring substituents is 1. The Kier molecular flexibility index (Phi) is 4.03. The maximum absolute atomic E-state index is 10.7. The molecule has 0 bridgehead atoms. The van der Waals surface area contributed by atoms with Gasteiger partial charge in [0.2, 0.25) is 0 Å². The summed E-state index contributed by atoms with van der Waals surface area (Å²) >= 11 is -4.89.